The van der Waals surface area contributed by atoms with E-state index in [9.17, 15) is 29.1 Å². The molecule has 2 aromatic rings. The molecule has 5 unspecified atom stereocenters. The number of H-pyrrole nitrogens is 1. The number of carbonyl (C=O) groups is 5. The molecule has 12 heteroatoms. The average molecular weight is 517 g/mol. The Morgan fingerprint density at radius 3 is 2.30 bits per heavy atom. The third-order valence-corrected chi connectivity index (χ3v) is 6.29. The van der Waals surface area contributed by atoms with Crippen molar-refractivity contribution in [3.8, 4) is 0 Å². The summed E-state index contributed by atoms with van der Waals surface area (Å²) in [4.78, 5) is 63.9. The van der Waals surface area contributed by atoms with Crippen molar-refractivity contribution in [2.75, 3.05) is 0 Å². The van der Waals surface area contributed by atoms with Gasteiger partial charge in [0.2, 0.25) is 23.6 Å². The Balaban J connectivity index is 2.02. The summed E-state index contributed by atoms with van der Waals surface area (Å²) in [6.07, 6.45) is 2.21. The van der Waals surface area contributed by atoms with Crippen molar-refractivity contribution in [1.82, 2.24) is 20.9 Å². The molecule has 5 atom stereocenters. The van der Waals surface area contributed by atoms with Gasteiger partial charge in [0.25, 0.3) is 0 Å². The minimum atomic E-state index is -1.34. The van der Waals surface area contributed by atoms with Crippen molar-refractivity contribution < 1.29 is 29.1 Å². The molecule has 0 fully saturated rings. The molecule has 0 spiro atoms. The molecule has 2 rings (SSSR count). The fourth-order valence-corrected chi connectivity index (χ4v) is 3.80. The number of carboxylic acids is 1. The van der Waals surface area contributed by atoms with Crippen LogP contribution in [0.2, 0.25) is 0 Å². The number of nitrogens with one attached hydrogen (secondary N) is 4. The van der Waals surface area contributed by atoms with E-state index in [1.165, 1.54) is 6.92 Å². The van der Waals surface area contributed by atoms with Crippen LogP contribution in [-0.2, 0) is 30.4 Å². The first-order chi connectivity index (χ1) is 17.4. The molecule has 0 bridgehead atoms. The number of rotatable bonds is 14. The molecule has 1 heterocycles. The summed E-state index contributed by atoms with van der Waals surface area (Å²) >= 11 is 0. The molecular weight excluding hydrogens is 480 g/mol. The summed E-state index contributed by atoms with van der Waals surface area (Å²) in [5.74, 6) is -4.18. The second-order valence-corrected chi connectivity index (χ2v) is 9.18. The van der Waals surface area contributed by atoms with Gasteiger partial charge in [0, 0.05) is 23.5 Å². The minimum Gasteiger partial charge on any atom is -0.480 e. The summed E-state index contributed by atoms with van der Waals surface area (Å²) in [6.45, 7) is 5.03. The predicted molar refractivity (Wildman–Crippen MR) is 137 cm³/mol. The maximum absolute atomic E-state index is 13.0. The van der Waals surface area contributed by atoms with Crippen molar-refractivity contribution in [2.45, 2.75) is 70.6 Å². The second kappa shape index (κ2) is 13.4. The highest BCUT2D eigenvalue weighted by molar-refractivity contribution is 5.94. The zero-order valence-electron chi connectivity index (χ0n) is 21.2. The molecule has 1 aromatic heterocycles. The van der Waals surface area contributed by atoms with Crippen molar-refractivity contribution >= 4 is 40.5 Å². The van der Waals surface area contributed by atoms with E-state index in [2.05, 4.69) is 20.9 Å². The number of benzene rings is 1. The smallest absolute Gasteiger partial charge is 0.326 e. The molecule has 0 radical (unpaired) electrons. The SMILES string of the molecule is CCC(C)C(NC(=O)C(N)Cc1c[nH]c2ccccc12)C(=O)NC(C)C(=O)NC(CCC(N)=O)C(=O)O. The topological polar surface area (TPSA) is 209 Å². The monoisotopic (exact) mass is 516 g/mol. The summed E-state index contributed by atoms with van der Waals surface area (Å²) in [5.41, 5.74) is 13.0. The lowest BCUT2D eigenvalue weighted by Gasteiger charge is -2.27. The number of para-hydroxylation sites is 1. The number of aromatic nitrogens is 1. The van der Waals surface area contributed by atoms with Gasteiger partial charge >= 0.3 is 5.97 Å². The van der Waals surface area contributed by atoms with Crippen LogP contribution >= 0.6 is 0 Å². The van der Waals surface area contributed by atoms with Gasteiger partial charge in [-0.2, -0.15) is 0 Å². The Bertz CT molecular complexity index is 1130. The number of carbonyl (C=O) groups excluding carboxylic acids is 4. The molecule has 202 valence electrons. The summed E-state index contributed by atoms with van der Waals surface area (Å²) in [7, 11) is 0. The third-order valence-electron chi connectivity index (χ3n) is 6.29. The van der Waals surface area contributed by atoms with Gasteiger partial charge in [0.15, 0.2) is 0 Å². The molecule has 1 aromatic carbocycles. The molecule has 0 saturated heterocycles. The first-order valence-corrected chi connectivity index (χ1v) is 12.2. The fraction of sp³-hybridized carbons (Fsp3) is 0.480. The molecule has 37 heavy (non-hydrogen) atoms. The summed E-state index contributed by atoms with van der Waals surface area (Å²) in [5, 5.41) is 17.7. The van der Waals surface area contributed by atoms with Crippen LogP contribution in [0.4, 0.5) is 0 Å². The number of hydrogen-bond acceptors (Lipinski definition) is 6. The number of aromatic amines is 1. The van der Waals surface area contributed by atoms with Crippen LogP contribution in [0.25, 0.3) is 10.9 Å². The Morgan fingerprint density at radius 2 is 1.68 bits per heavy atom. The van der Waals surface area contributed by atoms with Crippen molar-refractivity contribution in [3.05, 3.63) is 36.0 Å². The van der Waals surface area contributed by atoms with E-state index < -0.39 is 53.8 Å². The lowest BCUT2D eigenvalue weighted by Crippen LogP contribution is -2.58. The number of primary amides is 1. The van der Waals surface area contributed by atoms with Crippen LogP contribution in [0.1, 0.15) is 45.6 Å². The van der Waals surface area contributed by atoms with Crippen molar-refractivity contribution in [3.63, 3.8) is 0 Å². The van der Waals surface area contributed by atoms with Crippen molar-refractivity contribution in [1.29, 1.82) is 0 Å². The Morgan fingerprint density at radius 1 is 1.00 bits per heavy atom. The van der Waals surface area contributed by atoms with Gasteiger partial charge in [-0.05, 0) is 37.3 Å². The maximum atomic E-state index is 13.0. The standard InChI is InChI=1S/C25H36N6O6/c1-4-13(2)21(24(35)29-14(3)22(33)30-19(25(36)37)9-10-20(27)32)31-23(34)17(26)11-15-12-28-18-8-6-5-7-16(15)18/h5-8,12-14,17,19,21,28H,4,9-11,26H2,1-3H3,(H2,27,32)(H,29,35)(H,30,33)(H,31,34)(H,36,37). The van der Waals surface area contributed by atoms with Crippen LogP contribution in [0, 0.1) is 5.92 Å². The zero-order chi connectivity index (χ0) is 27.7. The van der Waals surface area contributed by atoms with Crippen LogP contribution < -0.4 is 27.4 Å². The highest BCUT2D eigenvalue weighted by Crippen LogP contribution is 2.19. The number of nitrogens with two attached hydrogens (primary N) is 2. The predicted octanol–water partition coefficient (Wildman–Crippen LogP) is -0.0918. The van der Waals surface area contributed by atoms with Crippen LogP contribution in [-0.4, -0.2) is 63.9 Å². The van der Waals surface area contributed by atoms with Gasteiger partial charge in [-0.3, -0.25) is 19.2 Å². The number of amides is 4. The number of carboxylic acid groups (broad SMARTS) is 1. The molecule has 9 N–H and O–H groups in total. The van der Waals surface area contributed by atoms with Crippen LogP contribution in [0.3, 0.4) is 0 Å². The Labute approximate surface area is 214 Å². The van der Waals surface area contributed by atoms with Crippen LogP contribution in [0.15, 0.2) is 30.5 Å². The largest absolute Gasteiger partial charge is 0.480 e. The van der Waals surface area contributed by atoms with E-state index in [4.69, 9.17) is 11.5 Å². The lowest BCUT2D eigenvalue weighted by molar-refractivity contribution is -0.142. The molecular formula is C25H36N6O6. The third kappa shape index (κ3) is 8.31. The van der Waals surface area contributed by atoms with E-state index in [0.29, 0.717) is 6.42 Å². The molecule has 4 amide bonds. The molecule has 0 aliphatic carbocycles. The highest BCUT2D eigenvalue weighted by Gasteiger charge is 2.31. The molecule has 0 saturated carbocycles. The average Bonchev–Trinajstić information content (AvgIpc) is 3.26. The summed E-state index contributed by atoms with van der Waals surface area (Å²) in [6, 6.07) is 3.31. The Kier molecular flexibility index (Phi) is 10.6. The van der Waals surface area contributed by atoms with E-state index in [1.807, 2.05) is 31.2 Å². The lowest BCUT2D eigenvalue weighted by atomic mass is 9.97. The van der Waals surface area contributed by atoms with Gasteiger partial charge in [0.1, 0.15) is 18.1 Å². The first-order valence-electron chi connectivity index (χ1n) is 12.2. The number of fused-ring (bicyclic) bond motifs is 1. The zero-order valence-corrected chi connectivity index (χ0v) is 21.2. The Hall–Kier alpha value is -3.93. The van der Waals surface area contributed by atoms with Crippen LogP contribution in [0.5, 0.6) is 0 Å². The van der Waals surface area contributed by atoms with Crippen molar-refractivity contribution in [2.24, 2.45) is 17.4 Å². The second-order valence-electron chi connectivity index (χ2n) is 9.18. The van der Waals surface area contributed by atoms with E-state index in [1.54, 1.807) is 13.1 Å². The normalized spacial score (nSPS) is 15.1. The first kappa shape index (κ1) is 29.3. The van der Waals surface area contributed by atoms with E-state index in [-0.39, 0.29) is 25.2 Å². The fourth-order valence-electron chi connectivity index (χ4n) is 3.80. The molecule has 0 aliphatic heterocycles. The summed E-state index contributed by atoms with van der Waals surface area (Å²) < 4.78 is 0. The number of hydrogen-bond donors (Lipinski definition) is 7. The minimum absolute atomic E-state index is 0.184. The number of aliphatic carboxylic acids is 1. The van der Waals surface area contributed by atoms with Gasteiger partial charge in [0.05, 0.1) is 6.04 Å². The van der Waals surface area contributed by atoms with Gasteiger partial charge in [-0.25, -0.2) is 4.79 Å². The van der Waals surface area contributed by atoms with Gasteiger partial charge < -0.3 is 37.5 Å². The van der Waals surface area contributed by atoms with Gasteiger partial charge in [-0.15, -0.1) is 0 Å². The van der Waals surface area contributed by atoms with E-state index >= 15 is 0 Å². The maximum Gasteiger partial charge on any atom is 0.326 e. The highest BCUT2D eigenvalue weighted by atomic mass is 16.4. The van der Waals surface area contributed by atoms with E-state index in [0.717, 1.165) is 16.5 Å². The molecule has 0 aliphatic rings. The molecule has 12 nitrogen and oxygen atoms in total. The van der Waals surface area contributed by atoms with Gasteiger partial charge in [-0.1, -0.05) is 38.5 Å². The quantitative estimate of drug-likeness (QED) is 0.181.